The largest absolute Gasteiger partial charge is 0.345 e. The molecule has 0 aliphatic carbocycles. The highest BCUT2D eigenvalue weighted by atomic mass is 79.9. The van der Waals surface area contributed by atoms with E-state index in [1.165, 1.54) is 23.5 Å². The molecule has 0 bridgehead atoms. The fraction of sp³-hybridized carbons (Fsp3) is 0.200. The Balaban J connectivity index is 2.07. The molecule has 0 amide bonds. The van der Waals surface area contributed by atoms with E-state index >= 15 is 0 Å². The number of aromatic nitrogens is 2. The zero-order chi connectivity index (χ0) is 11.5. The first-order valence-corrected chi connectivity index (χ1v) is 6.20. The topological polar surface area (TPSA) is 29.0 Å². The fourth-order valence-corrected chi connectivity index (χ4v) is 2.33. The van der Waals surface area contributed by atoms with Crippen LogP contribution in [-0.4, -0.2) is 17.2 Å². The van der Waals surface area contributed by atoms with Crippen molar-refractivity contribution in [2.45, 2.75) is 6.54 Å². The average molecular weight is 302 g/mol. The van der Waals surface area contributed by atoms with Gasteiger partial charge in [-0.15, -0.1) is 10.2 Å². The van der Waals surface area contributed by atoms with Crippen LogP contribution in [0.5, 0.6) is 0 Å². The summed E-state index contributed by atoms with van der Waals surface area (Å²) < 4.78 is 13.5. The molecule has 0 N–H and O–H groups in total. The molecule has 0 saturated carbocycles. The molecule has 0 unspecified atom stereocenters. The minimum Gasteiger partial charge on any atom is -0.345 e. The normalized spacial score (nSPS) is 10.4. The molecular weight excluding hydrogens is 293 g/mol. The van der Waals surface area contributed by atoms with Crippen molar-refractivity contribution in [3.8, 4) is 0 Å². The van der Waals surface area contributed by atoms with E-state index in [0.29, 0.717) is 6.54 Å². The van der Waals surface area contributed by atoms with Gasteiger partial charge in [-0.05, 0) is 33.6 Å². The molecule has 6 heteroatoms. The molecule has 0 fully saturated rings. The first-order valence-electron chi connectivity index (χ1n) is 4.60. The molecule has 0 atom stereocenters. The third-order valence-corrected chi connectivity index (χ3v) is 3.52. The second-order valence-electron chi connectivity index (χ2n) is 3.32. The number of hydrogen-bond acceptors (Lipinski definition) is 4. The maximum absolute atomic E-state index is 12.7. The minimum atomic E-state index is -0.218. The highest BCUT2D eigenvalue weighted by Crippen LogP contribution is 2.24. The van der Waals surface area contributed by atoms with Crippen molar-refractivity contribution in [3.63, 3.8) is 0 Å². The molecule has 84 valence electrons. The molecule has 3 nitrogen and oxygen atoms in total. The number of rotatable bonds is 3. The van der Waals surface area contributed by atoms with Crippen LogP contribution in [-0.2, 0) is 6.54 Å². The summed E-state index contributed by atoms with van der Waals surface area (Å²) in [4.78, 5) is 1.97. The first kappa shape index (κ1) is 11.5. The lowest BCUT2D eigenvalue weighted by atomic mass is 10.2. The summed E-state index contributed by atoms with van der Waals surface area (Å²) >= 11 is 4.73. The lowest BCUT2D eigenvalue weighted by molar-refractivity contribution is 0.627. The smallest absolute Gasteiger partial charge is 0.209 e. The van der Waals surface area contributed by atoms with Gasteiger partial charge in [0, 0.05) is 13.6 Å². The van der Waals surface area contributed by atoms with Gasteiger partial charge in [-0.1, -0.05) is 23.5 Å². The Hall–Kier alpha value is -1.01. The summed E-state index contributed by atoms with van der Waals surface area (Å²) in [6.07, 6.45) is 0. The quantitative estimate of drug-likeness (QED) is 0.872. The van der Waals surface area contributed by atoms with Crippen molar-refractivity contribution < 1.29 is 4.39 Å². The van der Waals surface area contributed by atoms with Gasteiger partial charge in [-0.25, -0.2) is 4.39 Å². The van der Waals surface area contributed by atoms with E-state index in [4.69, 9.17) is 0 Å². The zero-order valence-corrected chi connectivity index (χ0v) is 10.9. The number of nitrogens with zero attached hydrogens (tertiary/aromatic N) is 3. The molecule has 2 aromatic rings. The standard InChI is InChI=1S/C10H9BrFN3S/c1-15(10-14-13-9(11)16-10)6-7-2-4-8(12)5-3-7/h2-5H,6H2,1H3. The molecule has 0 aliphatic rings. The minimum absolute atomic E-state index is 0.218. The van der Waals surface area contributed by atoms with Crippen LogP contribution in [0, 0.1) is 5.82 Å². The number of benzene rings is 1. The van der Waals surface area contributed by atoms with Crippen molar-refractivity contribution in [3.05, 3.63) is 39.6 Å². The molecule has 16 heavy (non-hydrogen) atoms. The Morgan fingerprint density at radius 3 is 2.56 bits per heavy atom. The van der Waals surface area contributed by atoms with Gasteiger partial charge in [0.15, 0.2) is 3.92 Å². The molecule has 1 heterocycles. The maximum Gasteiger partial charge on any atom is 0.209 e. The van der Waals surface area contributed by atoms with Crippen LogP contribution in [0.3, 0.4) is 0 Å². The summed E-state index contributed by atoms with van der Waals surface area (Å²) in [5, 5.41) is 8.71. The summed E-state index contributed by atoms with van der Waals surface area (Å²) in [6, 6.07) is 6.45. The van der Waals surface area contributed by atoms with Gasteiger partial charge >= 0.3 is 0 Å². The van der Waals surface area contributed by atoms with E-state index in [-0.39, 0.29) is 5.82 Å². The van der Waals surface area contributed by atoms with Gasteiger partial charge in [0.05, 0.1) is 0 Å². The molecule has 0 saturated heterocycles. The van der Waals surface area contributed by atoms with E-state index in [1.807, 2.05) is 11.9 Å². The molecule has 1 aromatic heterocycles. The van der Waals surface area contributed by atoms with Crippen molar-refractivity contribution in [1.29, 1.82) is 0 Å². The third kappa shape index (κ3) is 2.76. The number of anilines is 1. The van der Waals surface area contributed by atoms with E-state index in [0.717, 1.165) is 14.6 Å². The Bertz CT molecular complexity index is 471. The Labute approximate surface area is 105 Å². The van der Waals surface area contributed by atoms with Crippen LogP contribution in [0.4, 0.5) is 9.52 Å². The van der Waals surface area contributed by atoms with E-state index in [1.54, 1.807) is 12.1 Å². The van der Waals surface area contributed by atoms with Crippen molar-refractivity contribution in [2.24, 2.45) is 0 Å². The summed E-state index contributed by atoms with van der Waals surface area (Å²) in [5.41, 5.74) is 1.04. The van der Waals surface area contributed by atoms with Crippen LogP contribution >= 0.6 is 27.3 Å². The van der Waals surface area contributed by atoms with E-state index in [9.17, 15) is 4.39 Å². The highest BCUT2D eigenvalue weighted by molar-refractivity contribution is 9.11. The lowest BCUT2D eigenvalue weighted by Gasteiger charge is -2.14. The predicted molar refractivity (Wildman–Crippen MR) is 66.1 cm³/mol. The van der Waals surface area contributed by atoms with Crippen LogP contribution in [0.15, 0.2) is 28.2 Å². The van der Waals surface area contributed by atoms with Crippen molar-refractivity contribution >= 4 is 32.4 Å². The van der Waals surface area contributed by atoms with Gasteiger partial charge in [0.25, 0.3) is 0 Å². The number of hydrogen-bond donors (Lipinski definition) is 0. The SMILES string of the molecule is CN(Cc1ccc(F)cc1)c1nnc(Br)s1. The van der Waals surface area contributed by atoms with Crippen molar-refractivity contribution in [2.75, 3.05) is 11.9 Å². The van der Waals surface area contributed by atoms with Gasteiger partial charge in [-0.2, -0.15) is 0 Å². The van der Waals surface area contributed by atoms with Gasteiger partial charge < -0.3 is 4.90 Å². The van der Waals surface area contributed by atoms with E-state index in [2.05, 4.69) is 26.1 Å². The summed E-state index contributed by atoms with van der Waals surface area (Å²) in [7, 11) is 1.93. The van der Waals surface area contributed by atoms with Gasteiger partial charge in [0.2, 0.25) is 5.13 Å². The third-order valence-electron chi connectivity index (χ3n) is 2.05. The molecule has 2 rings (SSSR count). The zero-order valence-electron chi connectivity index (χ0n) is 8.52. The Morgan fingerprint density at radius 2 is 2.00 bits per heavy atom. The van der Waals surface area contributed by atoms with Crippen molar-refractivity contribution in [1.82, 2.24) is 10.2 Å². The average Bonchev–Trinajstić information content (AvgIpc) is 2.68. The molecule has 0 spiro atoms. The Kier molecular flexibility index (Phi) is 3.50. The molecule has 0 aliphatic heterocycles. The highest BCUT2D eigenvalue weighted by Gasteiger charge is 2.07. The van der Waals surface area contributed by atoms with Gasteiger partial charge in [-0.3, -0.25) is 0 Å². The fourth-order valence-electron chi connectivity index (χ4n) is 1.28. The lowest BCUT2D eigenvalue weighted by Crippen LogP contribution is -2.16. The predicted octanol–water partition coefficient (Wildman–Crippen LogP) is 3.08. The van der Waals surface area contributed by atoms with E-state index < -0.39 is 0 Å². The molecular formula is C10H9BrFN3S. The first-order chi connectivity index (χ1) is 7.65. The molecule has 0 radical (unpaired) electrons. The van der Waals surface area contributed by atoms with Gasteiger partial charge in [0.1, 0.15) is 5.82 Å². The van der Waals surface area contributed by atoms with Crippen LogP contribution in [0.25, 0.3) is 0 Å². The number of halogens is 2. The second-order valence-corrected chi connectivity index (χ2v) is 5.55. The Morgan fingerprint density at radius 1 is 1.31 bits per heavy atom. The van der Waals surface area contributed by atoms with Crippen LogP contribution in [0.1, 0.15) is 5.56 Å². The molecule has 1 aromatic carbocycles. The summed E-state index contributed by atoms with van der Waals surface area (Å²) in [5.74, 6) is -0.218. The second kappa shape index (κ2) is 4.88. The van der Waals surface area contributed by atoms with Crippen LogP contribution < -0.4 is 4.90 Å². The monoisotopic (exact) mass is 301 g/mol. The van der Waals surface area contributed by atoms with Crippen LogP contribution in [0.2, 0.25) is 0 Å². The summed E-state index contributed by atoms with van der Waals surface area (Å²) in [6.45, 7) is 0.682. The maximum atomic E-state index is 12.7.